The van der Waals surface area contributed by atoms with Crippen molar-refractivity contribution in [3.05, 3.63) is 52.9 Å². The Labute approximate surface area is 101 Å². The van der Waals surface area contributed by atoms with Crippen molar-refractivity contribution in [3.8, 4) is 11.3 Å². The summed E-state index contributed by atoms with van der Waals surface area (Å²) in [5.41, 5.74) is 0.213. The van der Waals surface area contributed by atoms with Gasteiger partial charge in [-0.3, -0.25) is 4.98 Å². The largest absolute Gasteiger partial charge is 0.478 e. The lowest BCUT2D eigenvalue weighted by atomic mass is 10.1. The Balaban J connectivity index is 2.65. The average Bonchev–Trinajstić information content (AvgIpc) is 2.30. The van der Waals surface area contributed by atoms with Crippen molar-refractivity contribution in [2.45, 2.75) is 0 Å². The maximum atomic E-state index is 13.5. The van der Waals surface area contributed by atoms with Crippen LogP contribution in [-0.2, 0) is 0 Å². The molecule has 0 aliphatic rings. The topological polar surface area (TPSA) is 50.2 Å². The van der Waals surface area contributed by atoms with Crippen LogP contribution < -0.4 is 0 Å². The summed E-state index contributed by atoms with van der Waals surface area (Å²) in [6.45, 7) is 0. The number of rotatable bonds is 2. The van der Waals surface area contributed by atoms with Gasteiger partial charge in [-0.15, -0.1) is 0 Å². The van der Waals surface area contributed by atoms with E-state index in [1.807, 2.05) is 0 Å². The third-order valence-electron chi connectivity index (χ3n) is 2.25. The predicted molar refractivity (Wildman–Crippen MR) is 61.6 cm³/mol. The number of nitrogens with zero attached hydrogens (tertiary/aromatic N) is 1. The molecule has 0 aliphatic heterocycles. The van der Waals surface area contributed by atoms with Gasteiger partial charge in [0.05, 0.1) is 16.3 Å². The summed E-state index contributed by atoms with van der Waals surface area (Å²) < 4.78 is 13.5. The van der Waals surface area contributed by atoms with Crippen LogP contribution >= 0.6 is 11.6 Å². The maximum absolute atomic E-state index is 13.5. The Kier molecular flexibility index (Phi) is 3.06. The van der Waals surface area contributed by atoms with Crippen LogP contribution in [0.4, 0.5) is 4.39 Å². The minimum atomic E-state index is -1.17. The molecule has 1 heterocycles. The second-order valence-corrected chi connectivity index (χ2v) is 3.68. The molecule has 17 heavy (non-hydrogen) atoms. The van der Waals surface area contributed by atoms with Gasteiger partial charge in [0.15, 0.2) is 0 Å². The van der Waals surface area contributed by atoms with E-state index < -0.39 is 11.8 Å². The van der Waals surface area contributed by atoms with Gasteiger partial charge in [0.2, 0.25) is 0 Å². The van der Waals surface area contributed by atoms with Crippen molar-refractivity contribution in [2.75, 3.05) is 0 Å². The predicted octanol–water partition coefficient (Wildman–Crippen LogP) is 3.24. The molecule has 0 aliphatic carbocycles. The highest BCUT2D eigenvalue weighted by molar-refractivity contribution is 6.35. The Morgan fingerprint density at radius 2 is 2.00 bits per heavy atom. The van der Waals surface area contributed by atoms with Gasteiger partial charge in [0.1, 0.15) is 5.82 Å². The zero-order valence-corrected chi connectivity index (χ0v) is 9.28. The molecule has 86 valence electrons. The zero-order chi connectivity index (χ0) is 12.4. The van der Waals surface area contributed by atoms with Gasteiger partial charge in [-0.2, -0.15) is 0 Å². The van der Waals surface area contributed by atoms with Crippen LogP contribution in [0.3, 0.4) is 0 Å². The standard InChI is InChI=1S/C12H7ClFNO2/c13-10-8(12(16)17)5-6-15-11(10)7-3-1-2-4-9(7)14/h1-6H,(H,16,17). The summed E-state index contributed by atoms with van der Waals surface area (Å²) in [5, 5.41) is 8.84. The van der Waals surface area contributed by atoms with E-state index in [4.69, 9.17) is 16.7 Å². The van der Waals surface area contributed by atoms with Crippen LogP contribution in [0, 0.1) is 5.82 Å². The van der Waals surface area contributed by atoms with Crippen molar-refractivity contribution in [1.29, 1.82) is 0 Å². The highest BCUT2D eigenvalue weighted by Gasteiger charge is 2.16. The molecule has 0 fully saturated rings. The number of hydrogen-bond donors (Lipinski definition) is 1. The van der Waals surface area contributed by atoms with Gasteiger partial charge in [0, 0.05) is 11.8 Å². The first-order chi connectivity index (χ1) is 8.11. The minimum absolute atomic E-state index is 0.0647. The monoisotopic (exact) mass is 251 g/mol. The summed E-state index contributed by atoms with van der Waals surface area (Å²) in [6.07, 6.45) is 1.29. The van der Waals surface area contributed by atoms with Gasteiger partial charge >= 0.3 is 5.97 Å². The third-order valence-corrected chi connectivity index (χ3v) is 2.63. The molecular formula is C12H7ClFNO2. The van der Waals surface area contributed by atoms with E-state index in [0.717, 1.165) is 0 Å². The summed E-state index contributed by atoms with van der Waals surface area (Å²) in [6, 6.07) is 7.20. The smallest absolute Gasteiger partial charge is 0.337 e. The normalized spacial score (nSPS) is 10.2. The Hall–Kier alpha value is -1.94. The molecule has 0 unspecified atom stereocenters. The van der Waals surface area contributed by atoms with E-state index in [1.165, 1.54) is 30.5 Å². The van der Waals surface area contributed by atoms with Gasteiger partial charge in [-0.05, 0) is 18.2 Å². The van der Waals surface area contributed by atoms with E-state index in [2.05, 4.69) is 4.98 Å². The van der Waals surface area contributed by atoms with Gasteiger partial charge in [-0.1, -0.05) is 23.7 Å². The fourth-order valence-corrected chi connectivity index (χ4v) is 1.74. The molecule has 5 heteroatoms. The third kappa shape index (κ3) is 2.12. The van der Waals surface area contributed by atoms with Crippen LogP contribution in [0.5, 0.6) is 0 Å². The lowest BCUT2D eigenvalue weighted by Gasteiger charge is -2.06. The number of benzene rings is 1. The van der Waals surface area contributed by atoms with Crippen molar-refractivity contribution >= 4 is 17.6 Å². The first-order valence-corrected chi connectivity index (χ1v) is 5.11. The first kappa shape index (κ1) is 11.5. The SMILES string of the molecule is O=C(O)c1ccnc(-c2ccccc2F)c1Cl. The number of aromatic carboxylic acids is 1. The lowest BCUT2D eigenvalue weighted by molar-refractivity contribution is 0.0697. The second kappa shape index (κ2) is 4.51. The maximum Gasteiger partial charge on any atom is 0.337 e. The fourth-order valence-electron chi connectivity index (χ4n) is 1.45. The Bertz CT molecular complexity index is 586. The first-order valence-electron chi connectivity index (χ1n) is 4.74. The van der Waals surface area contributed by atoms with Gasteiger partial charge in [-0.25, -0.2) is 9.18 Å². The van der Waals surface area contributed by atoms with Crippen LogP contribution in [0.2, 0.25) is 5.02 Å². The summed E-state index contributed by atoms with van der Waals surface area (Å²) in [5.74, 6) is -1.67. The van der Waals surface area contributed by atoms with Crippen molar-refractivity contribution in [3.63, 3.8) is 0 Å². The summed E-state index contributed by atoms with van der Waals surface area (Å²) >= 11 is 5.90. The quantitative estimate of drug-likeness (QED) is 0.891. The average molecular weight is 252 g/mol. The minimum Gasteiger partial charge on any atom is -0.478 e. The van der Waals surface area contributed by atoms with Crippen LogP contribution in [0.25, 0.3) is 11.3 Å². The molecule has 0 amide bonds. The zero-order valence-electron chi connectivity index (χ0n) is 8.52. The number of halogens is 2. The van der Waals surface area contributed by atoms with Crippen molar-refractivity contribution < 1.29 is 14.3 Å². The van der Waals surface area contributed by atoms with E-state index in [9.17, 15) is 9.18 Å². The van der Waals surface area contributed by atoms with Gasteiger partial charge < -0.3 is 5.11 Å². The van der Waals surface area contributed by atoms with Gasteiger partial charge in [0.25, 0.3) is 0 Å². The molecule has 0 radical (unpaired) electrons. The van der Waals surface area contributed by atoms with Crippen molar-refractivity contribution in [1.82, 2.24) is 4.98 Å². The van der Waals surface area contributed by atoms with E-state index >= 15 is 0 Å². The number of hydrogen-bond acceptors (Lipinski definition) is 2. The molecule has 0 bridgehead atoms. The second-order valence-electron chi connectivity index (χ2n) is 3.31. The molecule has 0 saturated carbocycles. The molecule has 1 aromatic carbocycles. The number of pyridine rings is 1. The number of carboxylic acid groups (broad SMARTS) is 1. The Morgan fingerprint density at radius 1 is 1.29 bits per heavy atom. The van der Waals surface area contributed by atoms with Crippen LogP contribution in [0.1, 0.15) is 10.4 Å². The molecule has 0 atom stereocenters. The van der Waals surface area contributed by atoms with Crippen molar-refractivity contribution in [2.24, 2.45) is 0 Å². The summed E-state index contributed by atoms with van der Waals surface area (Å²) in [4.78, 5) is 14.8. The van der Waals surface area contributed by atoms with E-state index in [0.29, 0.717) is 0 Å². The molecule has 1 N–H and O–H groups in total. The molecule has 2 rings (SSSR count). The lowest BCUT2D eigenvalue weighted by Crippen LogP contribution is -2.00. The number of carbonyl (C=O) groups is 1. The molecule has 1 aromatic heterocycles. The number of carboxylic acids is 1. The fraction of sp³-hybridized carbons (Fsp3) is 0. The summed E-state index contributed by atoms with van der Waals surface area (Å²) in [7, 11) is 0. The molecule has 0 saturated heterocycles. The highest BCUT2D eigenvalue weighted by Crippen LogP contribution is 2.30. The van der Waals surface area contributed by atoms with E-state index in [-0.39, 0.29) is 21.8 Å². The molecular weight excluding hydrogens is 245 g/mol. The molecule has 0 spiro atoms. The van der Waals surface area contributed by atoms with Crippen LogP contribution in [-0.4, -0.2) is 16.1 Å². The Morgan fingerprint density at radius 3 is 2.65 bits per heavy atom. The van der Waals surface area contributed by atoms with E-state index in [1.54, 1.807) is 6.07 Å². The number of aromatic nitrogens is 1. The molecule has 3 nitrogen and oxygen atoms in total. The molecule has 2 aromatic rings. The van der Waals surface area contributed by atoms with Crippen LogP contribution in [0.15, 0.2) is 36.5 Å². The highest BCUT2D eigenvalue weighted by atomic mass is 35.5.